The molecule has 0 bridgehead atoms. The van der Waals surface area contributed by atoms with Crippen molar-refractivity contribution >= 4 is 11.9 Å². The summed E-state index contributed by atoms with van der Waals surface area (Å²) in [6.45, 7) is 6.47. The molecule has 1 aromatic carbocycles. The second kappa shape index (κ2) is 9.70. The third kappa shape index (κ3) is 6.66. The minimum atomic E-state index is -0.473. The fourth-order valence-electron chi connectivity index (χ4n) is 2.15. The molecule has 7 nitrogen and oxygen atoms in total. The van der Waals surface area contributed by atoms with Crippen LogP contribution in [-0.2, 0) is 20.7 Å². The highest BCUT2D eigenvalue weighted by atomic mass is 16.5. The predicted octanol–water partition coefficient (Wildman–Crippen LogP) is 2.68. The van der Waals surface area contributed by atoms with Crippen molar-refractivity contribution in [2.24, 2.45) is 5.92 Å². The van der Waals surface area contributed by atoms with Crippen molar-refractivity contribution in [2.75, 3.05) is 13.2 Å². The lowest BCUT2D eigenvalue weighted by Crippen LogP contribution is -2.30. The van der Waals surface area contributed by atoms with E-state index in [1.807, 2.05) is 31.2 Å². The smallest absolute Gasteiger partial charge is 0.306 e. The minimum Gasteiger partial charge on any atom is -0.456 e. The Morgan fingerprint density at radius 2 is 1.96 bits per heavy atom. The Hall–Kier alpha value is -2.70. The van der Waals surface area contributed by atoms with Crippen LogP contribution in [0.2, 0.25) is 0 Å². The number of aromatic nitrogens is 2. The zero-order valence-corrected chi connectivity index (χ0v) is 15.4. The number of aryl methyl sites for hydroxylation is 2. The number of amides is 1. The number of esters is 1. The van der Waals surface area contributed by atoms with Crippen molar-refractivity contribution in [3.8, 4) is 11.4 Å². The molecular weight excluding hydrogens is 334 g/mol. The van der Waals surface area contributed by atoms with Gasteiger partial charge in [-0.15, -0.1) is 0 Å². The molecule has 26 heavy (non-hydrogen) atoms. The first-order valence-corrected chi connectivity index (χ1v) is 8.76. The van der Waals surface area contributed by atoms with Gasteiger partial charge in [0.15, 0.2) is 6.61 Å². The maximum absolute atomic E-state index is 11.7. The lowest BCUT2D eigenvalue weighted by molar-refractivity contribution is -0.148. The van der Waals surface area contributed by atoms with E-state index >= 15 is 0 Å². The molecule has 7 heteroatoms. The van der Waals surface area contributed by atoms with Crippen LogP contribution in [0.25, 0.3) is 11.4 Å². The molecular formula is C19H25N3O4. The van der Waals surface area contributed by atoms with Crippen molar-refractivity contribution < 1.29 is 18.8 Å². The Bertz CT molecular complexity index is 723. The van der Waals surface area contributed by atoms with Gasteiger partial charge in [-0.1, -0.05) is 48.8 Å². The molecule has 0 radical (unpaired) electrons. The maximum atomic E-state index is 11.7. The topological polar surface area (TPSA) is 94.3 Å². The number of nitrogens with one attached hydrogen (secondary N) is 1. The van der Waals surface area contributed by atoms with Crippen LogP contribution in [0.15, 0.2) is 28.8 Å². The van der Waals surface area contributed by atoms with Gasteiger partial charge in [0, 0.05) is 18.5 Å². The normalized spacial score (nSPS) is 10.8. The first kappa shape index (κ1) is 19.6. The highest BCUT2D eigenvalue weighted by molar-refractivity contribution is 5.80. The van der Waals surface area contributed by atoms with E-state index in [-0.39, 0.29) is 25.4 Å². The maximum Gasteiger partial charge on any atom is 0.306 e. The molecule has 2 rings (SSSR count). The van der Waals surface area contributed by atoms with E-state index in [1.165, 1.54) is 0 Å². The first-order chi connectivity index (χ1) is 12.4. The molecule has 140 valence electrons. The predicted molar refractivity (Wildman–Crippen MR) is 96.2 cm³/mol. The SMILES string of the molecule is Cc1ccc(-c2noc(CCC(=O)OCC(=O)NCCC(C)C)n2)cc1. The third-order valence-electron chi connectivity index (χ3n) is 3.73. The largest absolute Gasteiger partial charge is 0.456 e. The molecule has 0 saturated heterocycles. The second-order valence-electron chi connectivity index (χ2n) is 6.57. The van der Waals surface area contributed by atoms with Crippen molar-refractivity contribution in [1.29, 1.82) is 0 Å². The molecule has 0 aliphatic heterocycles. The van der Waals surface area contributed by atoms with Gasteiger partial charge in [-0.2, -0.15) is 4.98 Å². The van der Waals surface area contributed by atoms with Crippen molar-refractivity contribution in [2.45, 2.75) is 40.0 Å². The lowest BCUT2D eigenvalue weighted by atomic mass is 10.1. The highest BCUT2D eigenvalue weighted by Gasteiger charge is 2.12. The molecule has 1 aromatic heterocycles. The fraction of sp³-hybridized carbons (Fsp3) is 0.474. The van der Waals surface area contributed by atoms with Gasteiger partial charge >= 0.3 is 5.97 Å². The van der Waals surface area contributed by atoms with Crippen LogP contribution >= 0.6 is 0 Å². The molecule has 1 amide bonds. The summed E-state index contributed by atoms with van der Waals surface area (Å²) in [5.74, 6) is 0.589. The highest BCUT2D eigenvalue weighted by Crippen LogP contribution is 2.16. The number of carbonyl (C=O) groups is 2. The van der Waals surface area contributed by atoms with E-state index < -0.39 is 5.97 Å². The monoisotopic (exact) mass is 359 g/mol. The van der Waals surface area contributed by atoms with Crippen molar-refractivity contribution in [3.63, 3.8) is 0 Å². The van der Waals surface area contributed by atoms with E-state index in [0.717, 1.165) is 17.5 Å². The third-order valence-corrected chi connectivity index (χ3v) is 3.73. The molecule has 0 aliphatic rings. The van der Waals surface area contributed by atoms with Crippen LogP contribution in [0, 0.1) is 12.8 Å². The van der Waals surface area contributed by atoms with Gasteiger partial charge in [0.25, 0.3) is 5.91 Å². The number of carbonyl (C=O) groups excluding carboxylic acids is 2. The fourth-order valence-corrected chi connectivity index (χ4v) is 2.15. The van der Waals surface area contributed by atoms with Crippen LogP contribution in [0.1, 0.15) is 38.1 Å². The first-order valence-electron chi connectivity index (χ1n) is 8.76. The number of ether oxygens (including phenoxy) is 1. The Balaban J connectivity index is 1.71. The molecule has 2 aromatic rings. The quantitative estimate of drug-likeness (QED) is 0.692. The zero-order chi connectivity index (χ0) is 18.9. The Morgan fingerprint density at radius 3 is 2.65 bits per heavy atom. The molecule has 1 N–H and O–H groups in total. The molecule has 0 fully saturated rings. The molecule has 1 heterocycles. The number of hydrogen-bond acceptors (Lipinski definition) is 6. The summed E-state index contributed by atoms with van der Waals surface area (Å²) in [7, 11) is 0. The second-order valence-corrected chi connectivity index (χ2v) is 6.57. The Kier molecular flexibility index (Phi) is 7.32. The summed E-state index contributed by atoms with van der Waals surface area (Å²) in [4.78, 5) is 27.6. The number of nitrogens with zero attached hydrogens (tertiary/aromatic N) is 2. The summed E-state index contributed by atoms with van der Waals surface area (Å²) < 4.78 is 10.1. The minimum absolute atomic E-state index is 0.0782. The summed E-state index contributed by atoms with van der Waals surface area (Å²) in [5, 5.41) is 6.63. The lowest BCUT2D eigenvalue weighted by Gasteiger charge is -2.07. The van der Waals surface area contributed by atoms with Crippen LogP contribution in [0.5, 0.6) is 0 Å². The zero-order valence-electron chi connectivity index (χ0n) is 15.4. The van der Waals surface area contributed by atoms with Gasteiger partial charge in [-0.05, 0) is 19.3 Å². The van der Waals surface area contributed by atoms with E-state index in [0.29, 0.717) is 24.2 Å². The van der Waals surface area contributed by atoms with E-state index in [9.17, 15) is 9.59 Å². The summed E-state index contributed by atoms with van der Waals surface area (Å²) in [6, 6.07) is 7.76. The van der Waals surface area contributed by atoms with Gasteiger partial charge in [-0.3, -0.25) is 9.59 Å². The molecule has 0 aliphatic carbocycles. The van der Waals surface area contributed by atoms with Crippen molar-refractivity contribution in [3.05, 3.63) is 35.7 Å². The van der Waals surface area contributed by atoms with Crippen molar-refractivity contribution in [1.82, 2.24) is 15.5 Å². The number of rotatable bonds is 9. The Labute approximate surface area is 153 Å². The van der Waals surface area contributed by atoms with Gasteiger partial charge < -0.3 is 14.6 Å². The molecule has 0 atom stereocenters. The molecule has 0 spiro atoms. The summed E-state index contributed by atoms with van der Waals surface area (Å²) in [6.07, 6.45) is 1.24. The van der Waals surface area contributed by atoms with Crippen LogP contribution in [-0.4, -0.2) is 35.2 Å². The summed E-state index contributed by atoms with van der Waals surface area (Å²) >= 11 is 0. The van der Waals surface area contributed by atoms with Crippen LogP contribution < -0.4 is 5.32 Å². The average molecular weight is 359 g/mol. The number of hydrogen-bond donors (Lipinski definition) is 1. The van der Waals surface area contributed by atoms with Gasteiger partial charge in [0.1, 0.15) is 0 Å². The van der Waals surface area contributed by atoms with Gasteiger partial charge in [0.05, 0.1) is 6.42 Å². The van der Waals surface area contributed by atoms with E-state index in [1.54, 1.807) is 0 Å². The van der Waals surface area contributed by atoms with E-state index in [2.05, 4.69) is 29.3 Å². The van der Waals surface area contributed by atoms with E-state index in [4.69, 9.17) is 9.26 Å². The molecule has 0 unspecified atom stereocenters. The van der Waals surface area contributed by atoms with Gasteiger partial charge in [-0.25, -0.2) is 0 Å². The number of benzene rings is 1. The standard InChI is InChI=1S/C19H25N3O4/c1-13(2)10-11-20-16(23)12-25-18(24)9-8-17-21-19(22-26-17)15-6-4-14(3)5-7-15/h4-7,13H,8-12H2,1-3H3,(H,20,23). The Morgan fingerprint density at radius 1 is 1.23 bits per heavy atom. The van der Waals surface area contributed by atoms with Gasteiger partial charge in [0.2, 0.25) is 11.7 Å². The summed E-state index contributed by atoms with van der Waals surface area (Å²) in [5.41, 5.74) is 2.00. The molecule has 0 saturated carbocycles. The average Bonchev–Trinajstić information content (AvgIpc) is 3.07. The van der Waals surface area contributed by atoms with Crippen LogP contribution in [0.4, 0.5) is 0 Å². The van der Waals surface area contributed by atoms with Crippen LogP contribution in [0.3, 0.4) is 0 Å².